The molecule has 34 heavy (non-hydrogen) atoms. The average molecular weight is 437 g/mol. The fraction of sp³-hybridized carbons (Fsp3) is 0. The van der Waals surface area contributed by atoms with Gasteiger partial charge in [-0.05, 0) is 42.5 Å². The van der Waals surface area contributed by atoms with Crippen LogP contribution in [0, 0.1) is 0 Å². The lowest BCUT2D eigenvalue weighted by atomic mass is 10.1. The number of hydrogen-bond acceptors (Lipinski definition) is 2. The van der Waals surface area contributed by atoms with E-state index in [0.29, 0.717) is 0 Å². The van der Waals surface area contributed by atoms with Crippen LogP contribution < -0.4 is 0 Å². The first-order chi connectivity index (χ1) is 16.9. The highest BCUT2D eigenvalue weighted by atomic mass is 15.3. The van der Waals surface area contributed by atoms with Gasteiger partial charge in [0.15, 0.2) is 0 Å². The van der Waals surface area contributed by atoms with E-state index < -0.39 is 0 Å². The van der Waals surface area contributed by atoms with E-state index in [9.17, 15) is 0 Å². The predicted octanol–water partition coefficient (Wildman–Crippen LogP) is 7.18. The van der Waals surface area contributed by atoms with Crippen molar-refractivity contribution in [2.75, 3.05) is 0 Å². The lowest BCUT2D eigenvalue weighted by molar-refractivity contribution is 0.911. The first-order valence-electron chi connectivity index (χ1n) is 11.4. The molecule has 0 aliphatic rings. The molecule has 4 aromatic carbocycles. The zero-order valence-electron chi connectivity index (χ0n) is 18.3. The number of fused-ring (bicyclic) bond motifs is 5. The minimum absolute atomic E-state index is 0.896. The van der Waals surface area contributed by atoms with Crippen LogP contribution in [0.4, 0.5) is 0 Å². The van der Waals surface area contributed by atoms with Gasteiger partial charge in [-0.2, -0.15) is 5.10 Å². The van der Waals surface area contributed by atoms with Crippen LogP contribution in [0.25, 0.3) is 55.5 Å². The van der Waals surface area contributed by atoms with Crippen molar-refractivity contribution in [3.63, 3.8) is 0 Å². The van der Waals surface area contributed by atoms with Gasteiger partial charge in [-0.3, -0.25) is 4.57 Å². The van der Waals surface area contributed by atoms with Crippen molar-refractivity contribution in [1.82, 2.24) is 19.3 Å². The van der Waals surface area contributed by atoms with Gasteiger partial charge in [0, 0.05) is 21.7 Å². The van der Waals surface area contributed by atoms with E-state index in [1.165, 1.54) is 10.8 Å². The Hall–Kier alpha value is -4.70. The van der Waals surface area contributed by atoms with E-state index >= 15 is 0 Å². The molecule has 0 unspecified atom stereocenters. The molecule has 0 bridgehead atoms. The number of hydrogen-bond donors (Lipinski definition) is 0. The Labute approximate surface area is 196 Å². The summed E-state index contributed by atoms with van der Waals surface area (Å²) in [5.41, 5.74) is 6.43. The van der Waals surface area contributed by atoms with Gasteiger partial charge in [-0.1, -0.05) is 72.8 Å². The van der Waals surface area contributed by atoms with Crippen molar-refractivity contribution < 1.29 is 0 Å². The molecule has 4 heteroatoms. The Morgan fingerprint density at radius 2 is 1.29 bits per heavy atom. The van der Waals surface area contributed by atoms with Crippen LogP contribution in [0.2, 0.25) is 0 Å². The molecule has 0 aliphatic heterocycles. The largest absolute Gasteiger partial charge is 0.293 e. The molecule has 0 radical (unpaired) electrons. The first-order valence-corrected chi connectivity index (χ1v) is 11.4. The van der Waals surface area contributed by atoms with E-state index in [2.05, 4.69) is 83.4 Å². The maximum absolute atomic E-state index is 5.09. The van der Waals surface area contributed by atoms with Crippen molar-refractivity contribution in [2.24, 2.45) is 0 Å². The van der Waals surface area contributed by atoms with Crippen LogP contribution in [-0.2, 0) is 0 Å². The molecule has 0 amide bonds. The molecule has 0 fully saturated rings. The molecule has 160 valence electrons. The smallest absolute Gasteiger partial charge is 0.138 e. The predicted molar refractivity (Wildman–Crippen MR) is 139 cm³/mol. The summed E-state index contributed by atoms with van der Waals surface area (Å²) in [7, 11) is 0. The van der Waals surface area contributed by atoms with Gasteiger partial charge < -0.3 is 0 Å². The highest BCUT2D eigenvalue weighted by Crippen LogP contribution is 2.36. The minimum atomic E-state index is 0.896. The molecule has 7 aromatic rings. The van der Waals surface area contributed by atoms with Gasteiger partial charge in [0.25, 0.3) is 0 Å². The Morgan fingerprint density at radius 3 is 2.15 bits per heavy atom. The van der Waals surface area contributed by atoms with Crippen molar-refractivity contribution in [3.8, 4) is 22.8 Å². The SMILES string of the molecule is c1ccc(-c2cccc(-n3c4ccccc4c4ccc5c(cnn5-c5ccccc5)c43)n2)cc1. The molecule has 0 N–H and O–H groups in total. The normalized spacial score (nSPS) is 11.5. The first kappa shape index (κ1) is 18.8. The monoisotopic (exact) mass is 436 g/mol. The highest BCUT2D eigenvalue weighted by Gasteiger charge is 2.18. The zero-order chi connectivity index (χ0) is 22.5. The summed E-state index contributed by atoms with van der Waals surface area (Å²) in [5, 5.41) is 8.27. The van der Waals surface area contributed by atoms with Gasteiger partial charge in [-0.15, -0.1) is 0 Å². The van der Waals surface area contributed by atoms with E-state index in [-0.39, 0.29) is 0 Å². The lowest BCUT2D eigenvalue weighted by Crippen LogP contribution is -1.99. The van der Waals surface area contributed by atoms with Crippen LogP contribution in [0.3, 0.4) is 0 Å². The maximum Gasteiger partial charge on any atom is 0.138 e. The summed E-state index contributed by atoms with van der Waals surface area (Å²) < 4.78 is 4.28. The fourth-order valence-corrected chi connectivity index (χ4v) is 4.89. The Balaban J connectivity index is 1.56. The summed E-state index contributed by atoms with van der Waals surface area (Å²) >= 11 is 0. The Kier molecular flexibility index (Phi) is 4.11. The zero-order valence-corrected chi connectivity index (χ0v) is 18.3. The summed E-state index contributed by atoms with van der Waals surface area (Å²) in [6, 6.07) is 39.7. The molecular formula is C30H20N4. The molecule has 0 aliphatic carbocycles. The number of nitrogens with zero attached hydrogens (tertiary/aromatic N) is 4. The summed E-state index contributed by atoms with van der Waals surface area (Å²) in [6.07, 6.45) is 1.97. The average Bonchev–Trinajstić information content (AvgIpc) is 3.49. The molecule has 3 aromatic heterocycles. The topological polar surface area (TPSA) is 35.6 Å². The Bertz CT molecular complexity index is 1790. The van der Waals surface area contributed by atoms with Crippen molar-refractivity contribution in [3.05, 3.63) is 121 Å². The maximum atomic E-state index is 5.09. The lowest BCUT2D eigenvalue weighted by Gasteiger charge is -2.10. The molecule has 3 heterocycles. The van der Waals surface area contributed by atoms with Gasteiger partial charge in [0.05, 0.1) is 34.1 Å². The van der Waals surface area contributed by atoms with E-state index in [0.717, 1.165) is 44.7 Å². The number of aromatic nitrogens is 4. The highest BCUT2D eigenvalue weighted by molar-refractivity contribution is 6.18. The third-order valence-corrected chi connectivity index (χ3v) is 6.42. The number of pyridine rings is 1. The second-order valence-electron chi connectivity index (χ2n) is 8.39. The van der Waals surface area contributed by atoms with Gasteiger partial charge in [0.1, 0.15) is 5.82 Å². The van der Waals surface area contributed by atoms with E-state index in [1.807, 2.05) is 47.3 Å². The van der Waals surface area contributed by atoms with Crippen LogP contribution in [0.5, 0.6) is 0 Å². The standard InChI is InChI=1S/C30H20N4/c1-3-10-21(11-4-1)26-15-9-17-29(32-26)33-27-16-8-7-14-23(27)24-18-19-28-25(30(24)33)20-31-34(28)22-12-5-2-6-13-22/h1-20H. The van der Waals surface area contributed by atoms with E-state index in [4.69, 9.17) is 10.1 Å². The van der Waals surface area contributed by atoms with Crippen LogP contribution in [0.15, 0.2) is 121 Å². The van der Waals surface area contributed by atoms with Crippen LogP contribution >= 0.6 is 0 Å². The quantitative estimate of drug-likeness (QED) is 0.294. The van der Waals surface area contributed by atoms with Crippen molar-refractivity contribution in [2.45, 2.75) is 0 Å². The molecule has 0 spiro atoms. The fourth-order valence-electron chi connectivity index (χ4n) is 4.89. The summed E-state index contributed by atoms with van der Waals surface area (Å²) in [4.78, 5) is 5.09. The van der Waals surface area contributed by atoms with Crippen molar-refractivity contribution in [1.29, 1.82) is 0 Å². The molecule has 7 rings (SSSR count). The number of para-hydroxylation sites is 2. The molecule has 0 saturated heterocycles. The summed E-state index contributed by atoms with van der Waals surface area (Å²) in [6.45, 7) is 0. The van der Waals surface area contributed by atoms with Gasteiger partial charge in [-0.25, -0.2) is 9.67 Å². The van der Waals surface area contributed by atoms with Gasteiger partial charge >= 0.3 is 0 Å². The van der Waals surface area contributed by atoms with Gasteiger partial charge in [0.2, 0.25) is 0 Å². The Morgan fingerprint density at radius 1 is 0.529 bits per heavy atom. The molecule has 4 nitrogen and oxygen atoms in total. The second-order valence-corrected chi connectivity index (χ2v) is 8.39. The third-order valence-electron chi connectivity index (χ3n) is 6.42. The second kappa shape index (κ2) is 7.42. The summed E-state index contributed by atoms with van der Waals surface area (Å²) in [5.74, 6) is 0.896. The molecular weight excluding hydrogens is 416 g/mol. The van der Waals surface area contributed by atoms with Crippen molar-refractivity contribution >= 4 is 32.7 Å². The van der Waals surface area contributed by atoms with Crippen LogP contribution in [-0.4, -0.2) is 19.3 Å². The molecule has 0 saturated carbocycles. The third kappa shape index (κ3) is 2.79. The molecule has 0 atom stereocenters. The minimum Gasteiger partial charge on any atom is -0.293 e. The number of rotatable bonds is 3. The van der Waals surface area contributed by atoms with E-state index in [1.54, 1.807) is 0 Å². The van der Waals surface area contributed by atoms with Crippen LogP contribution in [0.1, 0.15) is 0 Å². The number of benzene rings is 4.